The first-order chi connectivity index (χ1) is 20.1. The van der Waals surface area contributed by atoms with Gasteiger partial charge in [0.1, 0.15) is 11.6 Å². The van der Waals surface area contributed by atoms with Crippen LogP contribution in [0.2, 0.25) is 0 Å². The number of benzene rings is 3. The van der Waals surface area contributed by atoms with Gasteiger partial charge in [0.15, 0.2) is 5.78 Å². The molecule has 0 spiro atoms. The van der Waals surface area contributed by atoms with Crippen LogP contribution in [0.4, 0.5) is 0 Å². The minimum atomic E-state index is -0.337. The van der Waals surface area contributed by atoms with Crippen LogP contribution in [0.3, 0.4) is 0 Å². The van der Waals surface area contributed by atoms with Crippen molar-refractivity contribution in [1.82, 2.24) is 9.97 Å². The van der Waals surface area contributed by atoms with Gasteiger partial charge in [-0.3, -0.25) is 9.78 Å². The van der Waals surface area contributed by atoms with E-state index in [1.54, 1.807) is 0 Å². The average molecular weight is 772 g/mol. The molecule has 4 rings (SSSR count). The predicted molar refractivity (Wildman–Crippen MR) is 183 cm³/mol. The van der Waals surface area contributed by atoms with Crippen LogP contribution in [0.15, 0.2) is 60.4 Å². The molecule has 0 amide bonds. The van der Waals surface area contributed by atoms with Gasteiger partial charge in [0, 0.05) is 42.4 Å². The minimum Gasteiger partial charge on any atom is -0.512 e. The smallest absolute Gasteiger partial charge is 0.164 e. The second-order valence-corrected chi connectivity index (χ2v) is 13.4. The van der Waals surface area contributed by atoms with Gasteiger partial charge in [-0.2, -0.15) is 0 Å². The maximum Gasteiger partial charge on any atom is 0.164 e. The summed E-state index contributed by atoms with van der Waals surface area (Å²) in [5.74, 6) is 1.07. The predicted octanol–water partition coefficient (Wildman–Crippen LogP) is 10.8. The van der Waals surface area contributed by atoms with Crippen molar-refractivity contribution in [3.63, 3.8) is 0 Å². The Bertz CT molecular complexity index is 1610. The molecule has 1 N–H and O–H groups in total. The van der Waals surface area contributed by atoms with Gasteiger partial charge in [0.25, 0.3) is 0 Å². The Morgan fingerprint density at radius 2 is 1.45 bits per heavy atom. The summed E-state index contributed by atoms with van der Waals surface area (Å²) >= 11 is 0. The van der Waals surface area contributed by atoms with Crippen molar-refractivity contribution in [2.75, 3.05) is 0 Å². The van der Waals surface area contributed by atoms with E-state index >= 15 is 0 Å². The van der Waals surface area contributed by atoms with Crippen LogP contribution in [-0.2, 0) is 30.3 Å². The molecule has 1 heterocycles. The van der Waals surface area contributed by atoms with E-state index in [0.29, 0.717) is 0 Å². The molecule has 1 aromatic heterocycles. The van der Waals surface area contributed by atoms with Crippen LogP contribution < -0.4 is 0 Å². The molecule has 0 unspecified atom stereocenters. The van der Waals surface area contributed by atoms with Crippen molar-refractivity contribution in [2.45, 2.75) is 107 Å². The van der Waals surface area contributed by atoms with E-state index in [4.69, 9.17) is 9.97 Å². The fraction of sp³-hybridized carbons (Fsp3) is 0.462. The quantitative estimate of drug-likeness (QED) is 0.0839. The molecule has 0 fully saturated rings. The van der Waals surface area contributed by atoms with Crippen LogP contribution in [0.25, 0.3) is 32.9 Å². The van der Waals surface area contributed by atoms with Crippen molar-refractivity contribution in [3.8, 4) is 11.3 Å². The molecule has 1 radical (unpaired) electrons. The van der Waals surface area contributed by atoms with Gasteiger partial charge in [-0.25, -0.2) is 4.98 Å². The van der Waals surface area contributed by atoms with E-state index in [2.05, 4.69) is 82.3 Å². The summed E-state index contributed by atoms with van der Waals surface area (Å²) in [6.07, 6.45) is 4.75. The van der Waals surface area contributed by atoms with E-state index in [0.717, 1.165) is 53.7 Å². The molecule has 4 nitrogen and oxygen atoms in total. The number of nitrogens with zero attached hydrogens (tertiary/aromatic N) is 2. The van der Waals surface area contributed by atoms with Crippen LogP contribution in [-0.4, -0.2) is 20.9 Å². The molecule has 0 saturated carbocycles. The fourth-order valence-corrected chi connectivity index (χ4v) is 5.18. The van der Waals surface area contributed by atoms with Crippen molar-refractivity contribution in [3.05, 3.63) is 83.4 Å². The average Bonchev–Trinajstić information content (AvgIpc) is 2.99. The molecule has 0 aliphatic rings. The van der Waals surface area contributed by atoms with Crippen molar-refractivity contribution in [1.29, 1.82) is 0 Å². The van der Waals surface area contributed by atoms with Gasteiger partial charge < -0.3 is 5.11 Å². The molecule has 5 heteroatoms. The number of carbonyl (C=O) groups excluding carboxylic acids is 1. The topological polar surface area (TPSA) is 63.1 Å². The summed E-state index contributed by atoms with van der Waals surface area (Å²) in [5.41, 5.74) is 5.03. The van der Waals surface area contributed by atoms with Crippen molar-refractivity contribution >= 4 is 27.5 Å². The maximum absolute atomic E-state index is 12.2. The van der Waals surface area contributed by atoms with Gasteiger partial charge in [0.2, 0.25) is 0 Å². The number of ketones is 1. The number of aliphatic hydroxyl groups is 1. The third-order valence-corrected chi connectivity index (χ3v) is 9.57. The summed E-state index contributed by atoms with van der Waals surface area (Å²) in [6, 6.07) is 20.5. The fourth-order valence-electron chi connectivity index (χ4n) is 5.18. The van der Waals surface area contributed by atoms with E-state index < -0.39 is 0 Å². The van der Waals surface area contributed by atoms with Crippen LogP contribution in [0.1, 0.15) is 105 Å². The van der Waals surface area contributed by atoms with Crippen LogP contribution in [0, 0.1) is 30.7 Å². The Labute approximate surface area is 279 Å². The molecule has 4 aromatic rings. The SMILES string of the molecule is CCC(C)(CC)C(=O)/C=C(\O)C(C)(CC)CC.Cc1nc(-c2[c-]cc(C(C)(C)C)cc2)c2ccc3cccc(C)c3c2n1.[Ir]. The van der Waals surface area contributed by atoms with Crippen LogP contribution >= 0.6 is 0 Å². The molecule has 3 aromatic carbocycles. The second-order valence-electron chi connectivity index (χ2n) is 13.4. The number of allylic oxidation sites excluding steroid dienone is 2. The third-order valence-electron chi connectivity index (χ3n) is 9.57. The Balaban J connectivity index is 0.000000331. The van der Waals surface area contributed by atoms with Crippen molar-refractivity contribution < 1.29 is 30.0 Å². The minimum absolute atomic E-state index is 0. The molecule has 0 atom stereocenters. The first kappa shape index (κ1) is 37.3. The van der Waals surface area contributed by atoms with E-state index in [9.17, 15) is 9.90 Å². The number of fused-ring (bicyclic) bond motifs is 3. The number of rotatable bonds is 8. The Hall–Kier alpha value is -2.88. The summed E-state index contributed by atoms with van der Waals surface area (Å²) in [7, 11) is 0. The van der Waals surface area contributed by atoms with E-state index in [1.165, 1.54) is 28.0 Å². The zero-order valence-corrected chi connectivity index (χ0v) is 31.0. The number of hydrogen-bond acceptors (Lipinski definition) is 4. The zero-order chi connectivity index (χ0) is 32.2. The third kappa shape index (κ3) is 8.03. The van der Waals surface area contributed by atoms with E-state index in [1.807, 2.05) is 48.5 Å². The molecule has 0 bridgehead atoms. The molecule has 239 valence electrons. The summed E-state index contributed by atoms with van der Waals surface area (Å²) < 4.78 is 0. The number of aromatic nitrogens is 2. The van der Waals surface area contributed by atoms with E-state index in [-0.39, 0.29) is 47.9 Å². The summed E-state index contributed by atoms with van der Waals surface area (Å²) in [6.45, 7) is 22.8. The molecular weight excluding hydrogens is 721 g/mol. The van der Waals surface area contributed by atoms with Gasteiger partial charge in [0.05, 0.1) is 5.52 Å². The number of aliphatic hydroxyl groups excluding tert-OH is 1. The molecule has 0 aliphatic heterocycles. The Morgan fingerprint density at radius 1 is 0.841 bits per heavy atom. The molecule has 44 heavy (non-hydrogen) atoms. The summed E-state index contributed by atoms with van der Waals surface area (Å²) in [5, 5.41) is 13.6. The first-order valence-corrected chi connectivity index (χ1v) is 15.8. The molecule has 0 saturated heterocycles. The second kappa shape index (κ2) is 14.9. The monoisotopic (exact) mass is 772 g/mol. The van der Waals surface area contributed by atoms with Gasteiger partial charge >= 0.3 is 0 Å². The largest absolute Gasteiger partial charge is 0.512 e. The number of aryl methyl sites for hydroxylation is 2. The van der Waals surface area contributed by atoms with Crippen LogP contribution in [0.5, 0.6) is 0 Å². The Morgan fingerprint density at radius 3 is 1.98 bits per heavy atom. The van der Waals surface area contributed by atoms with Gasteiger partial charge in [-0.15, -0.1) is 35.4 Å². The molecule has 0 aliphatic carbocycles. The number of hydrogen-bond donors (Lipinski definition) is 1. The van der Waals surface area contributed by atoms with Crippen molar-refractivity contribution in [2.24, 2.45) is 10.8 Å². The van der Waals surface area contributed by atoms with Gasteiger partial charge in [-0.1, -0.05) is 92.6 Å². The Kier molecular flexibility index (Phi) is 12.7. The molecular formula is C39H51IrN2O2-. The first-order valence-electron chi connectivity index (χ1n) is 15.8. The number of carbonyl (C=O) groups is 1. The standard InChI is InChI=1S/C24H23N2.C15H28O2.Ir/c1-15-7-6-8-17-11-14-20-22(25-16(2)26-23(20)21(15)17)18-9-12-19(13-10-18)24(3,4)5;1-7-14(5,8-2)12(16)11-13(17)15(6,9-3)10-4;/h6-9,11-14H,1-5H3;11,16H,7-10H2,1-6H3;/q-1;;/b;12-11-;. The summed E-state index contributed by atoms with van der Waals surface area (Å²) in [4.78, 5) is 21.7. The zero-order valence-electron chi connectivity index (χ0n) is 28.6. The van der Waals surface area contributed by atoms with Gasteiger partial charge in [-0.05, 0) is 67.0 Å². The normalized spacial score (nSPS) is 12.5. The maximum atomic E-state index is 12.2.